The minimum atomic E-state index is -0.334. The van der Waals surface area contributed by atoms with Crippen molar-refractivity contribution in [1.29, 1.82) is 0 Å². The molecule has 0 saturated carbocycles. The molecular weight excluding hydrogens is 378 g/mol. The summed E-state index contributed by atoms with van der Waals surface area (Å²) in [6.45, 7) is 4.54. The molecule has 0 amide bonds. The molecule has 4 nitrogen and oxygen atoms in total. The molecule has 0 aliphatic rings. The number of halogens is 2. The Morgan fingerprint density at radius 1 is 1.37 bits per heavy atom. The van der Waals surface area contributed by atoms with E-state index in [1.54, 1.807) is 21.0 Å². The maximum absolute atomic E-state index is 11.5. The molecule has 1 N–H and O–H groups in total. The molecule has 0 aliphatic carbocycles. The van der Waals surface area contributed by atoms with Crippen molar-refractivity contribution >= 4 is 37.8 Å². The number of carbonyl (C=O) groups is 1. The Morgan fingerprint density at radius 3 is 2.42 bits per heavy atom. The third kappa shape index (κ3) is 4.78. The fourth-order valence-electron chi connectivity index (χ4n) is 1.53. The van der Waals surface area contributed by atoms with Gasteiger partial charge in [-0.05, 0) is 63.4 Å². The standard InChI is InChI=1S/C13H17Br2NO3/c1-4-19-13(17)8(2)16-7-9-5-10(14)12(18-3)11(15)6-9/h5-6,8,16H,4,7H2,1-3H3. The molecule has 0 aromatic heterocycles. The monoisotopic (exact) mass is 393 g/mol. The second-order valence-corrected chi connectivity index (χ2v) is 5.66. The topological polar surface area (TPSA) is 47.6 Å². The Labute approximate surface area is 130 Å². The molecule has 1 unspecified atom stereocenters. The minimum absolute atomic E-state index is 0.242. The molecule has 1 aromatic carbocycles. The number of methoxy groups -OCH3 is 1. The van der Waals surface area contributed by atoms with Crippen LogP contribution in [0.15, 0.2) is 21.1 Å². The zero-order chi connectivity index (χ0) is 14.4. The summed E-state index contributed by atoms with van der Waals surface area (Å²) in [4.78, 5) is 11.5. The van der Waals surface area contributed by atoms with Gasteiger partial charge in [0.2, 0.25) is 0 Å². The summed E-state index contributed by atoms with van der Waals surface area (Å²) in [7, 11) is 1.62. The normalized spacial score (nSPS) is 12.1. The van der Waals surface area contributed by atoms with Crippen molar-refractivity contribution in [3.05, 3.63) is 26.6 Å². The van der Waals surface area contributed by atoms with E-state index in [0.29, 0.717) is 13.2 Å². The van der Waals surface area contributed by atoms with Gasteiger partial charge < -0.3 is 14.8 Å². The average molecular weight is 395 g/mol. The van der Waals surface area contributed by atoms with Crippen molar-refractivity contribution in [2.24, 2.45) is 0 Å². The van der Waals surface area contributed by atoms with Gasteiger partial charge in [-0.2, -0.15) is 0 Å². The van der Waals surface area contributed by atoms with Gasteiger partial charge in [-0.25, -0.2) is 0 Å². The van der Waals surface area contributed by atoms with Crippen LogP contribution < -0.4 is 10.1 Å². The lowest BCUT2D eigenvalue weighted by atomic mass is 10.2. The molecule has 0 radical (unpaired) electrons. The number of ether oxygens (including phenoxy) is 2. The number of carbonyl (C=O) groups excluding carboxylic acids is 1. The Bertz CT molecular complexity index is 429. The number of hydrogen-bond donors (Lipinski definition) is 1. The van der Waals surface area contributed by atoms with Crippen LogP contribution in [0.5, 0.6) is 5.75 Å². The van der Waals surface area contributed by atoms with Crippen molar-refractivity contribution in [2.75, 3.05) is 13.7 Å². The van der Waals surface area contributed by atoms with Gasteiger partial charge in [-0.3, -0.25) is 4.79 Å². The van der Waals surface area contributed by atoms with E-state index in [4.69, 9.17) is 9.47 Å². The van der Waals surface area contributed by atoms with E-state index in [1.807, 2.05) is 12.1 Å². The fourth-order valence-corrected chi connectivity index (χ4v) is 3.14. The molecule has 0 fully saturated rings. The van der Waals surface area contributed by atoms with E-state index in [1.165, 1.54) is 0 Å². The SMILES string of the molecule is CCOC(=O)C(C)NCc1cc(Br)c(OC)c(Br)c1. The molecule has 0 heterocycles. The highest BCUT2D eigenvalue weighted by molar-refractivity contribution is 9.11. The van der Waals surface area contributed by atoms with Crippen molar-refractivity contribution in [2.45, 2.75) is 26.4 Å². The Hall–Kier alpha value is -0.590. The summed E-state index contributed by atoms with van der Waals surface area (Å²) < 4.78 is 11.9. The van der Waals surface area contributed by atoms with Gasteiger partial charge in [0.15, 0.2) is 0 Å². The summed E-state index contributed by atoms with van der Waals surface area (Å²) in [5, 5.41) is 3.12. The van der Waals surface area contributed by atoms with Gasteiger partial charge in [0, 0.05) is 6.54 Å². The molecule has 0 aliphatic heterocycles. The Morgan fingerprint density at radius 2 is 1.95 bits per heavy atom. The molecule has 1 rings (SSSR count). The van der Waals surface area contributed by atoms with Gasteiger partial charge in [0.1, 0.15) is 11.8 Å². The smallest absolute Gasteiger partial charge is 0.322 e. The minimum Gasteiger partial charge on any atom is -0.494 e. The van der Waals surface area contributed by atoms with E-state index >= 15 is 0 Å². The third-order valence-electron chi connectivity index (χ3n) is 2.51. The Balaban J connectivity index is 2.66. The average Bonchev–Trinajstić information content (AvgIpc) is 2.36. The van der Waals surface area contributed by atoms with Gasteiger partial charge in [0.25, 0.3) is 0 Å². The summed E-state index contributed by atoms with van der Waals surface area (Å²) in [5.41, 5.74) is 1.04. The molecule has 0 saturated heterocycles. The van der Waals surface area contributed by atoms with Gasteiger partial charge in [-0.1, -0.05) is 0 Å². The zero-order valence-corrected chi connectivity index (χ0v) is 14.3. The molecule has 6 heteroatoms. The first-order chi connectivity index (χ1) is 8.99. The van der Waals surface area contributed by atoms with Gasteiger partial charge in [-0.15, -0.1) is 0 Å². The van der Waals surface area contributed by atoms with Crippen LogP contribution in [0.2, 0.25) is 0 Å². The highest BCUT2D eigenvalue weighted by atomic mass is 79.9. The lowest BCUT2D eigenvalue weighted by molar-refractivity contribution is -0.145. The van der Waals surface area contributed by atoms with Crippen molar-refractivity contribution in [1.82, 2.24) is 5.32 Å². The van der Waals surface area contributed by atoms with Crippen LogP contribution in [-0.4, -0.2) is 25.7 Å². The van der Waals surface area contributed by atoms with Crippen LogP contribution in [0.3, 0.4) is 0 Å². The Kier molecular flexibility index (Phi) is 6.82. The highest BCUT2D eigenvalue weighted by Crippen LogP contribution is 2.34. The second-order valence-electron chi connectivity index (χ2n) is 3.95. The van der Waals surface area contributed by atoms with E-state index in [9.17, 15) is 4.79 Å². The molecule has 0 bridgehead atoms. The fraction of sp³-hybridized carbons (Fsp3) is 0.462. The molecule has 0 spiro atoms. The predicted molar refractivity (Wildman–Crippen MR) is 81.3 cm³/mol. The first-order valence-corrected chi connectivity index (χ1v) is 7.50. The number of esters is 1. The first-order valence-electron chi connectivity index (χ1n) is 5.91. The van der Waals surface area contributed by atoms with Crippen molar-refractivity contribution < 1.29 is 14.3 Å². The molecule has 1 aromatic rings. The summed E-state index contributed by atoms with van der Waals surface area (Å²) >= 11 is 6.89. The number of hydrogen-bond acceptors (Lipinski definition) is 4. The van der Waals surface area contributed by atoms with Crippen LogP contribution in [0, 0.1) is 0 Å². The van der Waals surface area contributed by atoms with E-state index in [-0.39, 0.29) is 12.0 Å². The van der Waals surface area contributed by atoms with E-state index in [0.717, 1.165) is 20.3 Å². The van der Waals surface area contributed by atoms with Crippen LogP contribution in [0.4, 0.5) is 0 Å². The second kappa shape index (κ2) is 7.87. The molecule has 106 valence electrons. The van der Waals surface area contributed by atoms with Crippen molar-refractivity contribution in [3.63, 3.8) is 0 Å². The maximum atomic E-state index is 11.5. The summed E-state index contributed by atoms with van der Waals surface area (Å²) in [6.07, 6.45) is 0. The largest absolute Gasteiger partial charge is 0.494 e. The maximum Gasteiger partial charge on any atom is 0.322 e. The zero-order valence-electron chi connectivity index (χ0n) is 11.1. The van der Waals surface area contributed by atoms with E-state index in [2.05, 4.69) is 37.2 Å². The van der Waals surface area contributed by atoms with Crippen LogP contribution >= 0.6 is 31.9 Å². The number of benzene rings is 1. The van der Waals surface area contributed by atoms with Crippen LogP contribution in [0.1, 0.15) is 19.4 Å². The summed E-state index contributed by atoms with van der Waals surface area (Å²) in [5.74, 6) is 0.510. The quantitative estimate of drug-likeness (QED) is 0.752. The predicted octanol–water partition coefficient (Wildman–Crippen LogP) is 3.26. The number of rotatable bonds is 6. The third-order valence-corrected chi connectivity index (χ3v) is 3.69. The lowest BCUT2D eigenvalue weighted by Crippen LogP contribution is -2.34. The van der Waals surface area contributed by atoms with Crippen LogP contribution in [-0.2, 0) is 16.1 Å². The van der Waals surface area contributed by atoms with E-state index < -0.39 is 0 Å². The van der Waals surface area contributed by atoms with Crippen LogP contribution in [0.25, 0.3) is 0 Å². The van der Waals surface area contributed by atoms with Crippen molar-refractivity contribution in [3.8, 4) is 5.75 Å². The summed E-state index contributed by atoms with van der Waals surface area (Å²) in [6, 6.07) is 3.57. The molecule has 19 heavy (non-hydrogen) atoms. The molecular formula is C13H17Br2NO3. The van der Waals surface area contributed by atoms with Gasteiger partial charge >= 0.3 is 5.97 Å². The number of nitrogens with one attached hydrogen (secondary N) is 1. The molecule has 1 atom stereocenters. The lowest BCUT2D eigenvalue weighted by Gasteiger charge is -2.14. The highest BCUT2D eigenvalue weighted by Gasteiger charge is 2.14. The first kappa shape index (κ1) is 16.5. The van der Waals surface area contributed by atoms with Gasteiger partial charge in [0.05, 0.1) is 22.7 Å².